The van der Waals surface area contributed by atoms with Gasteiger partial charge in [-0.2, -0.15) is 0 Å². The molecule has 1 aromatic carbocycles. The van der Waals surface area contributed by atoms with Crippen LogP contribution in [0.15, 0.2) is 40.9 Å². The summed E-state index contributed by atoms with van der Waals surface area (Å²) in [6, 6.07) is 10.1. The molecule has 0 saturated heterocycles. The first kappa shape index (κ1) is 24.3. The van der Waals surface area contributed by atoms with Crippen molar-refractivity contribution in [3.05, 3.63) is 46.8 Å². The van der Waals surface area contributed by atoms with Crippen molar-refractivity contribution >= 4 is 29.0 Å². The smallest absolute Gasteiger partial charge is 0.219 e. The molecule has 2 heterocycles. The molecule has 0 aliphatic rings. The van der Waals surface area contributed by atoms with Crippen LogP contribution in [-0.2, 0) is 16.8 Å². The Kier molecular flexibility index (Phi) is 7.97. The van der Waals surface area contributed by atoms with Gasteiger partial charge in [0.1, 0.15) is 12.4 Å². The SMILES string of the molecule is Cc1cc(C(C)(C)C)ccc1OC[C@H](O)CSc1nnc(-c2cccs2)n1CCC(N)=O. The Balaban J connectivity index is 1.61. The quantitative estimate of drug-likeness (QED) is 0.430. The molecule has 1 amide bonds. The van der Waals surface area contributed by atoms with Crippen LogP contribution >= 0.6 is 23.1 Å². The number of aliphatic hydroxyl groups excluding tert-OH is 1. The van der Waals surface area contributed by atoms with Gasteiger partial charge in [-0.15, -0.1) is 21.5 Å². The highest BCUT2D eigenvalue weighted by Gasteiger charge is 2.18. The number of hydrogen-bond acceptors (Lipinski definition) is 7. The number of thioether (sulfide) groups is 1. The first-order valence-electron chi connectivity index (χ1n) is 10.5. The van der Waals surface area contributed by atoms with Crippen molar-refractivity contribution < 1.29 is 14.6 Å². The van der Waals surface area contributed by atoms with E-state index in [4.69, 9.17) is 10.5 Å². The van der Waals surface area contributed by atoms with E-state index < -0.39 is 6.10 Å². The highest BCUT2D eigenvalue weighted by molar-refractivity contribution is 7.99. The van der Waals surface area contributed by atoms with E-state index >= 15 is 0 Å². The minimum Gasteiger partial charge on any atom is -0.491 e. The van der Waals surface area contributed by atoms with Crippen LogP contribution in [0.4, 0.5) is 0 Å². The maximum absolute atomic E-state index is 11.3. The van der Waals surface area contributed by atoms with Crippen molar-refractivity contribution in [1.82, 2.24) is 14.8 Å². The normalized spacial score (nSPS) is 12.7. The number of aromatic nitrogens is 3. The number of amides is 1. The number of benzene rings is 1. The maximum Gasteiger partial charge on any atom is 0.219 e. The molecule has 0 aliphatic heterocycles. The molecule has 0 saturated carbocycles. The topological polar surface area (TPSA) is 103 Å². The van der Waals surface area contributed by atoms with Crippen molar-refractivity contribution in [3.63, 3.8) is 0 Å². The van der Waals surface area contributed by atoms with Gasteiger partial charge < -0.3 is 20.1 Å². The molecule has 32 heavy (non-hydrogen) atoms. The number of hydrogen-bond donors (Lipinski definition) is 2. The molecule has 0 fully saturated rings. The number of nitrogens with zero attached hydrogens (tertiary/aromatic N) is 3. The lowest BCUT2D eigenvalue weighted by atomic mass is 9.86. The molecule has 0 bridgehead atoms. The molecule has 3 N–H and O–H groups in total. The van der Waals surface area contributed by atoms with Crippen molar-refractivity contribution in [3.8, 4) is 16.5 Å². The number of thiophene rings is 1. The van der Waals surface area contributed by atoms with Gasteiger partial charge in [0.2, 0.25) is 5.91 Å². The third-order valence-corrected chi connectivity index (χ3v) is 6.89. The molecule has 3 aromatic rings. The monoisotopic (exact) mass is 474 g/mol. The average molecular weight is 475 g/mol. The summed E-state index contributed by atoms with van der Waals surface area (Å²) in [4.78, 5) is 12.3. The van der Waals surface area contributed by atoms with Crippen molar-refractivity contribution in [2.75, 3.05) is 12.4 Å². The van der Waals surface area contributed by atoms with Crippen LogP contribution in [0.3, 0.4) is 0 Å². The van der Waals surface area contributed by atoms with Gasteiger partial charge in [-0.25, -0.2) is 0 Å². The molecule has 172 valence electrons. The Morgan fingerprint density at radius 3 is 2.72 bits per heavy atom. The third kappa shape index (κ3) is 6.34. The molecule has 0 radical (unpaired) electrons. The van der Waals surface area contributed by atoms with Gasteiger partial charge in [-0.3, -0.25) is 4.79 Å². The second-order valence-corrected chi connectivity index (χ2v) is 10.6. The fraction of sp³-hybridized carbons (Fsp3) is 0.435. The molecule has 0 spiro atoms. The Labute approximate surface area is 197 Å². The van der Waals surface area contributed by atoms with Crippen LogP contribution in [0.1, 0.15) is 38.3 Å². The van der Waals surface area contributed by atoms with Gasteiger partial charge in [0.15, 0.2) is 11.0 Å². The van der Waals surface area contributed by atoms with Crippen molar-refractivity contribution in [2.24, 2.45) is 5.73 Å². The number of rotatable bonds is 10. The second kappa shape index (κ2) is 10.5. The fourth-order valence-corrected chi connectivity index (χ4v) is 4.68. The predicted molar refractivity (Wildman–Crippen MR) is 129 cm³/mol. The summed E-state index contributed by atoms with van der Waals surface area (Å²) in [5.41, 5.74) is 7.70. The maximum atomic E-state index is 11.3. The van der Waals surface area contributed by atoms with Crippen LogP contribution in [0.2, 0.25) is 0 Å². The minimum atomic E-state index is -0.687. The van der Waals surface area contributed by atoms with Crippen LogP contribution in [0.25, 0.3) is 10.7 Å². The van der Waals surface area contributed by atoms with Gasteiger partial charge in [0.05, 0.1) is 11.0 Å². The van der Waals surface area contributed by atoms with E-state index in [-0.39, 0.29) is 24.3 Å². The number of aliphatic hydroxyl groups is 1. The highest BCUT2D eigenvalue weighted by atomic mass is 32.2. The Bertz CT molecular complexity index is 1040. The summed E-state index contributed by atoms with van der Waals surface area (Å²) in [6.07, 6.45) is -0.493. The highest BCUT2D eigenvalue weighted by Crippen LogP contribution is 2.29. The number of carbonyl (C=O) groups is 1. The molecule has 7 nitrogen and oxygen atoms in total. The zero-order chi connectivity index (χ0) is 23.3. The Hall–Kier alpha value is -2.36. The summed E-state index contributed by atoms with van der Waals surface area (Å²) in [7, 11) is 0. The standard InChI is InChI=1S/C23H30N4O3S2/c1-15-12-16(23(2,3)4)7-8-18(15)30-13-17(28)14-32-22-26-25-21(19-6-5-11-31-19)27(22)10-9-20(24)29/h5-8,11-12,17,28H,9-10,13-14H2,1-4H3,(H2,24,29)/t17-/m0/s1. The number of carbonyl (C=O) groups excluding carboxylic acids is 1. The zero-order valence-electron chi connectivity index (χ0n) is 18.9. The first-order chi connectivity index (χ1) is 15.1. The molecule has 3 rings (SSSR count). The van der Waals surface area contributed by atoms with Gasteiger partial charge in [-0.05, 0) is 41.0 Å². The summed E-state index contributed by atoms with van der Waals surface area (Å²) >= 11 is 2.94. The van der Waals surface area contributed by atoms with E-state index in [0.29, 0.717) is 23.3 Å². The fourth-order valence-electron chi connectivity index (χ4n) is 3.09. The molecule has 2 aromatic heterocycles. The first-order valence-corrected chi connectivity index (χ1v) is 12.3. The van der Waals surface area contributed by atoms with E-state index in [1.807, 2.05) is 35.1 Å². The van der Waals surface area contributed by atoms with E-state index in [9.17, 15) is 9.90 Å². The lowest BCUT2D eigenvalue weighted by molar-refractivity contribution is -0.118. The lowest BCUT2D eigenvalue weighted by Gasteiger charge is -2.21. The average Bonchev–Trinajstić information content (AvgIpc) is 3.38. The van der Waals surface area contributed by atoms with Crippen molar-refractivity contribution in [1.29, 1.82) is 0 Å². The Morgan fingerprint density at radius 1 is 1.31 bits per heavy atom. The van der Waals surface area contributed by atoms with E-state index in [1.165, 1.54) is 17.3 Å². The number of aryl methyl sites for hydroxylation is 1. The van der Waals surface area contributed by atoms with E-state index in [2.05, 4.69) is 43.1 Å². The third-order valence-electron chi connectivity index (χ3n) is 4.92. The summed E-state index contributed by atoms with van der Waals surface area (Å²) in [5, 5.41) is 21.6. The van der Waals surface area contributed by atoms with Crippen LogP contribution in [0, 0.1) is 6.92 Å². The summed E-state index contributed by atoms with van der Waals surface area (Å²) in [6.45, 7) is 9.11. The molecule has 0 aliphatic carbocycles. The Morgan fingerprint density at radius 2 is 2.09 bits per heavy atom. The molecule has 9 heteroatoms. The molecular weight excluding hydrogens is 444 g/mol. The van der Waals surface area contributed by atoms with E-state index in [0.717, 1.165) is 16.2 Å². The summed E-state index contributed by atoms with van der Waals surface area (Å²) < 4.78 is 7.74. The predicted octanol–water partition coefficient (Wildman–Crippen LogP) is 4.02. The molecular formula is C23H30N4O3S2. The zero-order valence-corrected chi connectivity index (χ0v) is 20.5. The van der Waals surface area contributed by atoms with E-state index in [1.54, 1.807) is 11.3 Å². The minimum absolute atomic E-state index is 0.0753. The van der Waals surface area contributed by atoms with Gasteiger partial charge >= 0.3 is 0 Å². The number of ether oxygens (including phenoxy) is 1. The summed E-state index contributed by atoms with van der Waals surface area (Å²) in [5.74, 6) is 1.47. The van der Waals surface area contributed by atoms with Crippen LogP contribution in [0.5, 0.6) is 5.75 Å². The van der Waals surface area contributed by atoms with Gasteiger partial charge in [0, 0.05) is 18.7 Å². The largest absolute Gasteiger partial charge is 0.491 e. The lowest BCUT2D eigenvalue weighted by Crippen LogP contribution is -2.21. The van der Waals surface area contributed by atoms with Gasteiger partial charge in [0.25, 0.3) is 0 Å². The van der Waals surface area contributed by atoms with Crippen molar-refractivity contribution in [2.45, 2.75) is 57.3 Å². The number of primary amides is 1. The van der Waals surface area contributed by atoms with Crippen LogP contribution < -0.4 is 10.5 Å². The second-order valence-electron chi connectivity index (χ2n) is 8.66. The van der Waals surface area contributed by atoms with Crippen LogP contribution in [-0.4, -0.2) is 44.2 Å². The number of nitrogens with two attached hydrogens (primary N) is 1. The van der Waals surface area contributed by atoms with Gasteiger partial charge in [-0.1, -0.05) is 50.7 Å². The molecule has 0 unspecified atom stereocenters. The molecule has 1 atom stereocenters.